The summed E-state index contributed by atoms with van der Waals surface area (Å²) in [6.07, 6.45) is 0.0883. The molecule has 1 aromatic rings. The minimum Gasteiger partial charge on any atom is -0.481 e. The van der Waals surface area contributed by atoms with Gasteiger partial charge in [-0.05, 0) is 17.7 Å². The zero-order chi connectivity index (χ0) is 13.5. The second-order valence-electron chi connectivity index (χ2n) is 3.38. The number of hydrogen-bond donors (Lipinski definition) is 2. The molecule has 0 saturated heterocycles. The third-order valence-corrected chi connectivity index (χ3v) is 2.16. The predicted octanol–water partition coefficient (Wildman–Crippen LogP) is 1.55. The Labute approximate surface area is 101 Å². The maximum absolute atomic E-state index is 11.9. The second kappa shape index (κ2) is 6.53. The van der Waals surface area contributed by atoms with Gasteiger partial charge in [0.15, 0.2) is 0 Å². The maximum Gasteiger partial charge on any atom is 0.387 e. The van der Waals surface area contributed by atoms with Crippen molar-refractivity contribution in [1.29, 1.82) is 0 Å². The Kier molecular flexibility index (Phi) is 5.04. The Morgan fingerprint density at radius 1 is 1.39 bits per heavy atom. The molecule has 0 aliphatic carbocycles. The molecule has 98 valence electrons. The highest BCUT2D eigenvalue weighted by atomic mass is 19.3. The van der Waals surface area contributed by atoms with Gasteiger partial charge in [0.05, 0.1) is 12.5 Å². The average Bonchev–Trinajstić information content (AvgIpc) is 2.28. The fourth-order valence-electron chi connectivity index (χ4n) is 1.41. The van der Waals surface area contributed by atoms with Gasteiger partial charge in [0.2, 0.25) is 6.41 Å². The number of ether oxygens (including phenoxy) is 1. The summed E-state index contributed by atoms with van der Waals surface area (Å²) in [6, 6.07) is 4.69. The fraction of sp³-hybridized carbons (Fsp3) is 0.273. The number of amides is 1. The molecule has 18 heavy (non-hydrogen) atoms. The van der Waals surface area contributed by atoms with Crippen molar-refractivity contribution in [1.82, 2.24) is 5.32 Å². The zero-order valence-corrected chi connectivity index (χ0v) is 9.18. The van der Waals surface area contributed by atoms with Gasteiger partial charge in [0.25, 0.3) is 0 Å². The molecule has 0 fully saturated rings. The van der Waals surface area contributed by atoms with Gasteiger partial charge in [-0.1, -0.05) is 12.1 Å². The number of carboxylic acid groups (broad SMARTS) is 1. The lowest BCUT2D eigenvalue weighted by atomic mass is 10.0. The quantitative estimate of drug-likeness (QED) is 0.728. The van der Waals surface area contributed by atoms with Crippen LogP contribution in [0.4, 0.5) is 8.78 Å². The monoisotopic (exact) mass is 259 g/mol. The first-order valence-corrected chi connectivity index (χ1v) is 4.99. The van der Waals surface area contributed by atoms with E-state index in [-0.39, 0.29) is 12.2 Å². The predicted molar refractivity (Wildman–Crippen MR) is 57.3 cm³/mol. The van der Waals surface area contributed by atoms with E-state index in [1.807, 2.05) is 0 Å². The summed E-state index contributed by atoms with van der Waals surface area (Å²) < 4.78 is 28.0. The molecule has 1 aromatic carbocycles. The molecule has 2 N–H and O–H groups in total. The van der Waals surface area contributed by atoms with E-state index in [0.717, 1.165) is 0 Å². The lowest BCUT2D eigenvalue weighted by molar-refractivity contribution is -0.137. The Balaban J connectivity index is 2.79. The number of rotatable bonds is 7. The Bertz CT molecular complexity index is 408. The standard InChI is InChI=1S/C11H11F2NO4/c12-11(13)18-8-3-1-7(2-4-8)9(14-6-15)5-10(16)17/h1-4,6,9,11H,5H2,(H,14,15)(H,16,17)/t9-/m1/s1. The van der Waals surface area contributed by atoms with E-state index in [0.29, 0.717) is 12.0 Å². The van der Waals surface area contributed by atoms with E-state index in [1.165, 1.54) is 24.3 Å². The highest BCUT2D eigenvalue weighted by Gasteiger charge is 2.15. The minimum absolute atomic E-state index is 0.0334. The van der Waals surface area contributed by atoms with Crippen molar-refractivity contribution in [3.8, 4) is 5.75 Å². The molecule has 7 heteroatoms. The SMILES string of the molecule is O=CN[C@H](CC(=O)O)c1ccc(OC(F)F)cc1. The van der Waals surface area contributed by atoms with E-state index in [2.05, 4.69) is 10.1 Å². The van der Waals surface area contributed by atoms with Crippen molar-refractivity contribution in [3.63, 3.8) is 0 Å². The van der Waals surface area contributed by atoms with E-state index in [4.69, 9.17) is 5.11 Å². The number of hydrogen-bond acceptors (Lipinski definition) is 3. The molecule has 1 amide bonds. The lowest BCUT2D eigenvalue weighted by Gasteiger charge is -2.14. The number of alkyl halides is 2. The van der Waals surface area contributed by atoms with E-state index < -0.39 is 18.6 Å². The van der Waals surface area contributed by atoms with Crippen LogP contribution in [-0.4, -0.2) is 24.1 Å². The molecule has 0 saturated carbocycles. The summed E-state index contributed by atoms with van der Waals surface area (Å²) in [5.41, 5.74) is 0.492. The van der Waals surface area contributed by atoms with Crippen molar-refractivity contribution in [2.75, 3.05) is 0 Å². The highest BCUT2D eigenvalue weighted by Crippen LogP contribution is 2.21. The number of halogens is 2. The van der Waals surface area contributed by atoms with Gasteiger partial charge >= 0.3 is 12.6 Å². The molecule has 0 heterocycles. The number of carboxylic acids is 1. The number of carbonyl (C=O) groups is 2. The van der Waals surface area contributed by atoms with E-state index >= 15 is 0 Å². The lowest BCUT2D eigenvalue weighted by Crippen LogP contribution is -2.22. The molecule has 0 radical (unpaired) electrons. The molecule has 0 spiro atoms. The van der Waals surface area contributed by atoms with Crippen molar-refractivity contribution in [3.05, 3.63) is 29.8 Å². The summed E-state index contributed by atoms with van der Waals surface area (Å²) in [7, 11) is 0. The molecule has 1 atom stereocenters. The van der Waals surface area contributed by atoms with Crippen molar-refractivity contribution < 1.29 is 28.2 Å². The third-order valence-electron chi connectivity index (χ3n) is 2.16. The number of aliphatic carboxylic acids is 1. The summed E-state index contributed by atoms with van der Waals surface area (Å²) in [5, 5.41) is 11.0. The Morgan fingerprint density at radius 3 is 2.44 bits per heavy atom. The summed E-state index contributed by atoms with van der Waals surface area (Å²) >= 11 is 0. The van der Waals surface area contributed by atoms with Crippen LogP contribution >= 0.6 is 0 Å². The molecular formula is C11H11F2NO4. The van der Waals surface area contributed by atoms with Crippen molar-refractivity contribution in [2.45, 2.75) is 19.1 Å². The van der Waals surface area contributed by atoms with Crippen LogP contribution < -0.4 is 10.1 Å². The Morgan fingerprint density at radius 2 is 2.00 bits per heavy atom. The molecule has 0 unspecified atom stereocenters. The number of nitrogens with one attached hydrogen (secondary N) is 1. The smallest absolute Gasteiger partial charge is 0.387 e. The number of carbonyl (C=O) groups excluding carboxylic acids is 1. The summed E-state index contributed by atoms with van der Waals surface area (Å²) in [4.78, 5) is 20.9. The third kappa shape index (κ3) is 4.36. The minimum atomic E-state index is -2.92. The molecule has 0 bridgehead atoms. The van der Waals surface area contributed by atoms with Gasteiger partial charge in [-0.15, -0.1) is 0 Å². The maximum atomic E-state index is 11.9. The molecule has 0 aliphatic heterocycles. The van der Waals surface area contributed by atoms with Gasteiger partial charge in [0.1, 0.15) is 5.75 Å². The summed E-state index contributed by atoms with van der Waals surface area (Å²) in [6.45, 7) is -2.92. The van der Waals surface area contributed by atoms with Gasteiger partial charge < -0.3 is 15.2 Å². The first-order chi connectivity index (χ1) is 8.52. The fourth-order valence-corrected chi connectivity index (χ4v) is 1.41. The average molecular weight is 259 g/mol. The first-order valence-electron chi connectivity index (χ1n) is 4.99. The normalized spacial score (nSPS) is 11.9. The number of benzene rings is 1. The first kappa shape index (κ1) is 13.9. The van der Waals surface area contributed by atoms with Crippen LogP contribution in [0.15, 0.2) is 24.3 Å². The van der Waals surface area contributed by atoms with E-state index in [1.54, 1.807) is 0 Å². The molecule has 1 rings (SSSR count). The largest absolute Gasteiger partial charge is 0.481 e. The van der Waals surface area contributed by atoms with Crippen LogP contribution in [0, 0.1) is 0 Å². The van der Waals surface area contributed by atoms with Crippen molar-refractivity contribution >= 4 is 12.4 Å². The summed E-state index contributed by atoms with van der Waals surface area (Å²) in [5.74, 6) is -1.11. The zero-order valence-electron chi connectivity index (χ0n) is 9.18. The molecule has 0 aliphatic rings. The van der Waals surface area contributed by atoms with Crippen LogP contribution in [0.5, 0.6) is 5.75 Å². The van der Waals surface area contributed by atoms with Gasteiger partial charge in [0, 0.05) is 0 Å². The van der Waals surface area contributed by atoms with Crippen LogP contribution in [0.3, 0.4) is 0 Å². The molecule has 5 nitrogen and oxygen atoms in total. The van der Waals surface area contributed by atoms with Crippen LogP contribution in [0.1, 0.15) is 18.0 Å². The van der Waals surface area contributed by atoms with Crippen molar-refractivity contribution in [2.24, 2.45) is 0 Å². The Hall–Kier alpha value is -2.18. The second-order valence-corrected chi connectivity index (χ2v) is 3.38. The van der Waals surface area contributed by atoms with Crippen LogP contribution in [-0.2, 0) is 9.59 Å². The molecule has 0 aromatic heterocycles. The highest BCUT2D eigenvalue weighted by molar-refractivity contribution is 5.68. The van der Waals surface area contributed by atoms with Crippen LogP contribution in [0.25, 0.3) is 0 Å². The van der Waals surface area contributed by atoms with E-state index in [9.17, 15) is 18.4 Å². The topological polar surface area (TPSA) is 75.6 Å². The van der Waals surface area contributed by atoms with Gasteiger partial charge in [-0.25, -0.2) is 0 Å². The van der Waals surface area contributed by atoms with Gasteiger partial charge in [-0.3, -0.25) is 9.59 Å². The van der Waals surface area contributed by atoms with Gasteiger partial charge in [-0.2, -0.15) is 8.78 Å². The molecular weight excluding hydrogens is 248 g/mol. The van der Waals surface area contributed by atoms with Crippen LogP contribution in [0.2, 0.25) is 0 Å².